The van der Waals surface area contributed by atoms with Gasteiger partial charge in [-0.25, -0.2) is 0 Å². The first-order valence-electron chi connectivity index (χ1n) is 7.30. The van der Waals surface area contributed by atoms with Crippen LogP contribution >= 0.6 is 0 Å². The summed E-state index contributed by atoms with van der Waals surface area (Å²) in [5.74, 6) is 2.40. The Balaban J connectivity index is 2.39. The number of carbonyl (C=O) groups is 1. The minimum Gasteiger partial charge on any atom is -0.289 e. The van der Waals surface area contributed by atoms with Crippen molar-refractivity contribution in [3.8, 4) is 0 Å². The van der Waals surface area contributed by atoms with Gasteiger partial charge < -0.3 is 0 Å². The lowest BCUT2D eigenvalue weighted by Gasteiger charge is -2.14. The third-order valence-electron chi connectivity index (χ3n) is 5.22. The van der Waals surface area contributed by atoms with Crippen molar-refractivity contribution in [1.29, 1.82) is 0 Å². The molecule has 2 aliphatic carbocycles. The fourth-order valence-electron chi connectivity index (χ4n) is 3.91. The molecule has 1 nitrogen and oxygen atoms in total. The van der Waals surface area contributed by atoms with Crippen LogP contribution in [0.2, 0.25) is 0 Å². The van der Waals surface area contributed by atoms with Crippen molar-refractivity contribution in [2.45, 2.75) is 54.4 Å². The summed E-state index contributed by atoms with van der Waals surface area (Å²) < 4.78 is 0. The van der Waals surface area contributed by atoms with E-state index in [1.165, 1.54) is 11.1 Å². The Hall–Kier alpha value is -0.850. The van der Waals surface area contributed by atoms with Crippen molar-refractivity contribution < 1.29 is 4.79 Å². The van der Waals surface area contributed by atoms with Gasteiger partial charge in [0.1, 0.15) is 0 Å². The molecule has 0 heterocycles. The molecule has 0 saturated carbocycles. The largest absolute Gasteiger partial charge is 0.289 e. The summed E-state index contributed by atoms with van der Waals surface area (Å²) in [7, 11) is 0. The zero-order valence-electron chi connectivity index (χ0n) is 12.6. The quantitative estimate of drug-likeness (QED) is 0.699. The molecule has 0 saturated heterocycles. The molecule has 100 valence electrons. The summed E-state index contributed by atoms with van der Waals surface area (Å²) in [6, 6.07) is 0. The highest BCUT2D eigenvalue weighted by Gasteiger charge is 2.36. The van der Waals surface area contributed by atoms with Gasteiger partial charge in [0.15, 0.2) is 5.78 Å². The molecule has 4 unspecified atom stereocenters. The molecule has 0 aromatic carbocycles. The summed E-state index contributed by atoms with van der Waals surface area (Å²) in [4.78, 5) is 12.9. The lowest BCUT2D eigenvalue weighted by atomic mass is 9.89. The lowest BCUT2D eigenvalue weighted by molar-refractivity contribution is -0.113. The van der Waals surface area contributed by atoms with Crippen LogP contribution < -0.4 is 0 Å². The molecule has 0 aliphatic heterocycles. The van der Waals surface area contributed by atoms with Gasteiger partial charge in [-0.3, -0.25) is 4.79 Å². The molecule has 0 bridgehead atoms. The second kappa shape index (κ2) is 4.68. The molecule has 1 heteroatoms. The highest BCUT2D eigenvalue weighted by atomic mass is 16.1. The van der Waals surface area contributed by atoms with Crippen molar-refractivity contribution in [3.63, 3.8) is 0 Å². The van der Waals surface area contributed by atoms with E-state index < -0.39 is 0 Å². The summed E-state index contributed by atoms with van der Waals surface area (Å²) in [6.07, 6.45) is 2.28. The summed E-state index contributed by atoms with van der Waals surface area (Å²) in [5.41, 5.74) is 4.91. The SMILES string of the molecule is CC1=C(C(=O)C2=C(C)C(C)CC2C)C(C)CC1C. The molecule has 18 heavy (non-hydrogen) atoms. The molecule has 0 amide bonds. The van der Waals surface area contributed by atoms with Gasteiger partial charge in [-0.15, -0.1) is 0 Å². The van der Waals surface area contributed by atoms with Gasteiger partial charge in [0.05, 0.1) is 0 Å². The van der Waals surface area contributed by atoms with E-state index in [2.05, 4.69) is 41.5 Å². The van der Waals surface area contributed by atoms with Gasteiger partial charge >= 0.3 is 0 Å². The highest BCUT2D eigenvalue weighted by Crippen LogP contribution is 2.43. The highest BCUT2D eigenvalue weighted by molar-refractivity contribution is 6.10. The number of rotatable bonds is 2. The van der Waals surface area contributed by atoms with Gasteiger partial charge in [0, 0.05) is 11.1 Å². The zero-order valence-corrected chi connectivity index (χ0v) is 12.6. The Bertz CT molecular complexity index is 399. The van der Waals surface area contributed by atoms with Crippen LogP contribution in [-0.2, 0) is 4.79 Å². The maximum atomic E-state index is 12.9. The second-order valence-corrected chi connectivity index (χ2v) is 6.60. The Kier molecular flexibility index (Phi) is 3.53. The number of allylic oxidation sites excluding steroid dienone is 4. The van der Waals surface area contributed by atoms with Crippen LogP contribution in [0, 0.1) is 23.7 Å². The molecule has 0 N–H and O–H groups in total. The molecule has 0 aromatic rings. The average Bonchev–Trinajstić information content (AvgIpc) is 2.66. The minimum atomic E-state index is 0.360. The van der Waals surface area contributed by atoms with Crippen molar-refractivity contribution in [1.82, 2.24) is 0 Å². The smallest absolute Gasteiger partial charge is 0.185 e. The van der Waals surface area contributed by atoms with Gasteiger partial charge in [0.2, 0.25) is 0 Å². The standard InChI is InChI=1S/C17H26O/c1-9-7-11(3)15(13(9)5)17(18)16-12(4)8-10(2)14(16)6/h9-12H,7-8H2,1-6H3. The molecular weight excluding hydrogens is 220 g/mol. The molecule has 2 rings (SSSR count). The zero-order chi connectivity index (χ0) is 13.6. The third-order valence-corrected chi connectivity index (χ3v) is 5.22. The van der Waals surface area contributed by atoms with Gasteiger partial charge in [-0.2, -0.15) is 0 Å². The van der Waals surface area contributed by atoms with Crippen molar-refractivity contribution in [2.75, 3.05) is 0 Å². The van der Waals surface area contributed by atoms with E-state index in [1.807, 2.05) is 0 Å². The van der Waals surface area contributed by atoms with Crippen LogP contribution in [0.5, 0.6) is 0 Å². The van der Waals surface area contributed by atoms with Crippen LogP contribution in [0.4, 0.5) is 0 Å². The predicted octanol–water partition coefficient (Wildman–Crippen LogP) is 4.54. The molecule has 2 aliphatic rings. The summed E-state index contributed by atoms with van der Waals surface area (Å²) in [5, 5.41) is 0. The number of hydrogen-bond donors (Lipinski definition) is 0. The Labute approximate surface area is 111 Å². The van der Waals surface area contributed by atoms with E-state index in [9.17, 15) is 4.79 Å². The fourth-order valence-corrected chi connectivity index (χ4v) is 3.91. The van der Waals surface area contributed by atoms with Crippen molar-refractivity contribution >= 4 is 5.78 Å². The average molecular weight is 246 g/mol. The fraction of sp³-hybridized carbons (Fsp3) is 0.706. The van der Waals surface area contributed by atoms with Gasteiger partial charge in [-0.1, -0.05) is 38.8 Å². The number of Topliss-reactive ketones (excluding diaryl/α,β-unsaturated/α-hetero) is 1. The summed E-state index contributed by atoms with van der Waals surface area (Å²) >= 11 is 0. The van der Waals surface area contributed by atoms with Crippen molar-refractivity contribution in [2.24, 2.45) is 23.7 Å². The maximum Gasteiger partial charge on any atom is 0.185 e. The second-order valence-electron chi connectivity index (χ2n) is 6.60. The normalized spacial score (nSPS) is 36.8. The van der Waals surface area contributed by atoms with Crippen LogP contribution in [0.15, 0.2) is 22.3 Å². The number of carbonyl (C=O) groups excluding carboxylic acids is 1. The van der Waals surface area contributed by atoms with E-state index in [1.54, 1.807) is 0 Å². The van der Waals surface area contributed by atoms with Crippen molar-refractivity contribution in [3.05, 3.63) is 22.3 Å². The first kappa shape index (κ1) is 13.6. The van der Waals surface area contributed by atoms with Crippen LogP contribution in [0.1, 0.15) is 54.4 Å². The monoisotopic (exact) mass is 246 g/mol. The minimum absolute atomic E-state index is 0.360. The number of hydrogen-bond acceptors (Lipinski definition) is 1. The van der Waals surface area contributed by atoms with Crippen LogP contribution in [-0.4, -0.2) is 5.78 Å². The van der Waals surface area contributed by atoms with Gasteiger partial charge in [0.25, 0.3) is 0 Å². The predicted molar refractivity (Wildman–Crippen MR) is 76.3 cm³/mol. The Morgan fingerprint density at radius 2 is 1.11 bits per heavy atom. The van der Waals surface area contributed by atoms with E-state index >= 15 is 0 Å². The molecule has 0 spiro atoms. The van der Waals surface area contributed by atoms with Crippen LogP contribution in [0.3, 0.4) is 0 Å². The lowest BCUT2D eigenvalue weighted by Crippen LogP contribution is -2.14. The Morgan fingerprint density at radius 1 is 0.778 bits per heavy atom. The molecule has 0 radical (unpaired) electrons. The van der Waals surface area contributed by atoms with E-state index in [0.717, 1.165) is 24.0 Å². The number of ketones is 1. The first-order valence-corrected chi connectivity index (χ1v) is 7.30. The van der Waals surface area contributed by atoms with Gasteiger partial charge in [-0.05, 0) is 50.4 Å². The summed E-state index contributed by atoms with van der Waals surface area (Å²) in [6.45, 7) is 13.2. The van der Waals surface area contributed by atoms with E-state index in [0.29, 0.717) is 29.5 Å². The molecule has 4 atom stereocenters. The maximum absolute atomic E-state index is 12.9. The molecule has 0 fully saturated rings. The molecule has 0 aromatic heterocycles. The topological polar surface area (TPSA) is 17.1 Å². The molecular formula is C17H26O. The third kappa shape index (κ3) is 1.98. The van der Waals surface area contributed by atoms with E-state index in [4.69, 9.17) is 0 Å². The van der Waals surface area contributed by atoms with Crippen LogP contribution in [0.25, 0.3) is 0 Å². The first-order chi connectivity index (χ1) is 8.34. The Morgan fingerprint density at radius 3 is 1.33 bits per heavy atom. The van der Waals surface area contributed by atoms with E-state index in [-0.39, 0.29) is 0 Å².